The number of halogens is 2. The molecule has 0 spiro atoms. The summed E-state index contributed by atoms with van der Waals surface area (Å²) in [5.41, 5.74) is 2.35. The number of carbonyl (C=O) groups is 3. The number of hydrogen-bond acceptors (Lipinski definition) is 4. The summed E-state index contributed by atoms with van der Waals surface area (Å²) in [5.74, 6) is -0.274. The molecule has 2 saturated heterocycles. The van der Waals surface area contributed by atoms with Crippen LogP contribution in [0.3, 0.4) is 0 Å². The highest BCUT2D eigenvalue weighted by molar-refractivity contribution is 8.18. The summed E-state index contributed by atoms with van der Waals surface area (Å²) in [7, 11) is 0. The lowest BCUT2D eigenvalue weighted by molar-refractivity contribution is -0.132. The van der Waals surface area contributed by atoms with E-state index in [4.69, 9.17) is 23.2 Å². The van der Waals surface area contributed by atoms with Crippen molar-refractivity contribution in [1.29, 1.82) is 0 Å². The smallest absolute Gasteiger partial charge is 0.293 e. The lowest BCUT2D eigenvalue weighted by Crippen LogP contribution is -2.37. The standard InChI is InChI=1S/C26H23Cl2N3O3S/c27-19-9-8-17(21(28)13-19)15-31-25(33)23(35-26(31)34)12-18-14-30(22-7-3-2-6-20(18)22)16-24(32)29-10-4-1-5-11-29/h2-3,6-9,12-14H,1,4-5,10-11,15-16H2/b23-12-. The van der Waals surface area contributed by atoms with Crippen LogP contribution in [0.4, 0.5) is 4.79 Å². The minimum atomic E-state index is -0.368. The number of nitrogens with zero attached hydrogens (tertiary/aromatic N) is 3. The molecule has 9 heteroatoms. The molecule has 2 aromatic carbocycles. The molecule has 3 amide bonds. The van der Waals surface area contributed by atoms with Gasteiger partial charge in [0.15, 0.2) is 0 Å². The molecular weight excluding hydrogens is 505 g/mol. The van der Waals surface area contributed by atoms with Crippen LogP contribution in [0, 0.1) is 0 Å². The van der Waals surface area contributed by atoms with Crippen LogP contribution in [0.2, 0.25) is 10.0 Å². The number of fused-ring (bicyclic) bond motifs is 1. The maximum Gasteiger partial charge on any atom is 0.293 e. The number of hydrogen-bond donors (Lipinski definition) is 0. The normalized spacial score (nSPS) is 17.7. The van der Waals surface area contributed by atoms with Crippen molar-refractivity contribution in [2.24, 2.45) is 0 Å². The average molecular weight is 528 g/mol. The van der Waals surface area contributed by atoms with Crippen molar-refractivity contribution in [2.75, 3.05) is 13.1 Å². The SMILES string of the molecule is O=C(Cn1cc(/C=C2\SC(=O)N(Cc3ccc(Cl)cc3Cl)C2=O)c2ccccc21)N1CCCCC1. The Hall–Kier alpha value is -2.74. The lowest BCUT2D eigenvalue weighted by atomic mass is 10.1. The summed E-state index contributed by atoms with van der Waals surface area (Å²) in [6.07, 6.45) is 6.87. The van der Waals surface area contributed by atoms with E-state index in [1.54, 1.807) is 24.3 Å². The average Bonchev–Trinajstić information content (AvgIpc) is 3.33. The summed E-state index contributed by atoms with van der Waals surface area (Å²) in [5, 5.41) is 1.47. The first-order chi connectivity index (χ1) is 16.9. The zero-order valence-corrected chi connectivity index (χ0v) is 21.2. The molecule has 2 aliphatic rings. The highest BCUT2D eigenvalue weighted by Crippen LogP contribution is 2.36. The van der Waals surface area contributed by atoms with E-state index in [9.17, 15) is 14.4 Å². The molecule has 0 bridgehead atoms. The summed E-state index contributed by atoms with van der Waals surface area (Å²) in [4.78, 5) is 42.1. The van der Waals surface area contributed by atoms with Crippen molar-refractivity contribution in [1.82, 2.24) is 14.4 Å². The van der Waals surface area contributed by atoms with Gasteiger partial charge in [0, 0.05) is 45.8 Å². The molecule has 3 aromatic rings. The van der Waals surface area contributed by atoms with Crippen LogP contribution in [0.1, 0.15) is 30.4 Å². The van der Waals surface area contributed by atoms with E-state index in [2.05, 4.69) is 0 Å². The second-order valence-corrected chi connectivity index (χ2v) is 10.5. The lowest BCUT2D eigenvalue weighted by Gasteiger charge is -2.27. The Morgan fingerprint density at radius 3 is 2.57 bits per heavy atom. The van der Waals surface area contributed by atoms with Crippen LogP contribution in [0.5, 0.6) is 0 Å². The van der Waals surface area contributed by atoms with Gasteiger partial charge in [0.2, 0.25) is 5.91 Å². The zero-order valence-electron chi connectivity index (χ0n) is 18.9. The second-order valence-electron chi connectivity index (χ2n) is 8.67. The number of benzene rings is 2. The first kappa shape index (κ1) is 24.0. The van der Waals surface area contributed by atoms with Gasteiger partial charge in [-0.2, -0.15) is 0 Å². The highest BCUT2D eigenvalue weighted by atomic mass is 35.5. The van der Waals surface area contributed by atoms with E-state index >= 15 is 0 Å². The van der Waals surface area contributed by atoms with Crippen LogP contribution in [-0.2, 0) is 22.7 Å². The summed E-state index contributed by atoms with van der Waals surface area (Å²) in [6.45, 7) is 1.92. The third-order valence-corrected chi connectivity index (χ3v) is 7.83. The van der Waals surface area contributed by atoms with Gasteiger partial charge in [-0.1, -0.05) is 47.5 Å². The van der Waals surface area contributed by atoms with Gasteiger partial charge in [-0.05, 0) is 60.9 Å². The monoisotopic (exact) mass is 527 g/mol. The third kappa shape index (κ3) is 4.99. The quantitative estimate of drug-likeness (QED) is 0.370. The molecule has 5 rings (SSSR count). The molecule has 0 atom stereocenters. The summed E-state index contributed by atoms with van der Waals surface area (Å²) >= 11 is 13.1. The van der Waals surface area contributed by atoms with Crippen LogP contribution in [0.15, 0.2) is 53.6 Å². The first-order valence-corrected chi connectivity index (χ1v) is 13.0. The second kappa shape index (κ2) is 10.1. The Bertz CT molecular complexity index is 1360. The molecule has 35 heavy (non-hydrogen) atoms. The Morgan fingerprint density at radius 2 is 1.80 bits per heavy atom. The van der Waals surface area contributed by atoms with Crippen LogP contribution >= 0.6 is 35.0 Å². The fraction of sp³-hybridized carbons (Fsp3) is 0.269. The summed E-state index contributed by atoms with van der Waals surface area (Å²) in [6, 6.07) is 12.8. The zero-order chi connectivity index (χ0) is 24.5. The number of aromatic nitrogens is 1. The first-order valence-electron chi connectivity index (χ1n) is 11.5. The molecule has 0 aliphatic carbocycles. The third-order valence-electron chi connectivity index (χ3n) is 6.34. The number of likely N-dealkylation sites (tertiary alicyclic amines) is 1. The molecule has 6 nitrogen and oxygen atoms in total. The molecule has 3 heterocycles. The van der Waals surface area contributed by atoms with Gasteiger partial charge in [-0.25, -0.2) is 0 Å². The van der Waals surface area contributed by atoms with E-state index < -0.39 is 0 Å². The number of amides is 3. The molecule has 0 saturated carbocycles. The van der Waals surface area contributed by atoms with Crippen molar-refractivity contribution in [3.63, 3.8) is 0 Å². The number of carbonyl (C=O) groups excluding carboxylic acids is 3. The fourth-order valence-corrected chi connectivity index (χ4v) is 5.81. The van der Waals surface area contributed by atoms with E-state index in [1.165, 1.54) is 11.3 Å². The van der Waals surface area contributed by atoms with Gasteiger partial charge >= 0.3 is 0 Å². The molecule has 2 fully saturated rings. The topological polar surface area (TPSA) is 62.6 Å². The Balaban J connectivity index is 1.41. The Kier molecular flexibility index (Phi) is 6.91. The predicted octanol–water partition coefficient (Wildman–Crippen LogP) is 6.20. The summed E-state index contributed by atoms with van der Waals surface area (Å²) < 4.78 is 1.93. The van der Waals surface area contributed by atoms with Gasteiger partial charge in [-0.3, -0.25) is 19.3 Å². The number of para-hydroxylation sites is 1. The van der Waals surface area contributed by atoms with Crippen molar-refractivity contribution >= 4 is 69.0 Å². The van der Waals surface area contributed by atoms with E-state index in [0.717, 1.165) is 54.2 Å². The van der Waals surface area contributed by atoms with E-state index in [1.807, 2.05) is 39.9 Å². The maximum absolute atomic E-state index is 13.1. The van der Waals surface area contributed by atoms with E-state index in [-0.39, 0.29) is 30.1 Å². The predicted molar refractivity (Wildman–Crippen MR) is 140 cm³/mol. The Labute approximate surface area is 217 Å². The van der Waals surface area contributed by atoms with Crippen molar-refractivity contribution in [2.45, 2.75) is 32.4 Å². The number of piperidine rings is 1. The van der Waals surface area contributed by atoms with Crippen molar-refractivity contribution in [3.8, 4) is 0 Å². The largest absolute Gasteiger partial charge is 0.341 e. The molecular formula is C26H23Cl2N3O3S. The molecule has 1 aromatic heterocycles. The molecule has 0 unspecified atom stereocenters. The van der Waals surface area contributed by atoms with Crippen LogP contribution in [0.25, 0.3) is 17.0 Å². The van der Waals surface area contributed by atoms with E-state index in [0.29, 0.717) is 20.5 Å². The van der Waals surface area contributed by atoms with Gasteiger partial charge in [0.1, 0.15) is 6.54 Å². The molecule has 2 aliphatic heterocycles. The number of thioether (sulfide) groups is 1. The number of imide groups is 1. The highest BCUT2D eigenvalue weighted by Gasteiger charge is 2.35. The maximum atomic E-state index is 13.1. The van der Waals surface area contributed by atoms with Crippen molar-refractivity contribution in [3.05, 3.63) is 74.7 Å². The molecule has 0 N–H and O–H groups in total. The van der Waals surface area contributed by atoms with Gasteiger partial charge in [0.25, 0.3) is 11.1 Å². The van der Waals surface area contributed by atoms with Crippen LogP contribution < -0.4 is 0 Å². The van der Waals surface area contributed by atoms with Gasteiger partial charge < -0.3 is 9.47 Å². The van der Waals surface area contributed by atoms with Gasteiger partial charge in [-0.15, -0.1) is 0 Å². The van der Waals surface area contributed by atoms with Crippen molar-refractivity contribution < 1.29 is 14.4 Å². The molecule has 180 valence electrons. The minimum Gasteiger partial charge on any atom is -0.341 e. The van der Waals surface area contributed by atoms with Gasteiger partial charge in [0.05, 0.1) is 11.4 Å². The molecule has 0 radical (unpaired) electrons. The Morgan fingerprint density at radius 1 is 1.03 bits per heavy atom. The van der Waals surface area contributed by atoms with Crippen LogP contribution in [-0.4, -0.2) is 44.5 Å². The minimum absolute atomic E-state index is 0.0735. The fourth-order valence-electron chi connectivity index (χ4n) is 4.51. The number of rotatable bonds is 5.